The molecule has 2 aromatic rings. The summed E-state index contributed by atoms with van der Waals surface area (Å²) in [6.07, 6.45) is 3.82. The molecule has 27 heavy (non-hydrogen) atoms. The minimum Gasteiger partial charge on any atom is -0.439 e. The van der Waals surface area contributed by atoms with Crippen LogP contribution in [0.1, 0.15) is 19.4 Å². The molecule has 0 atom stereocenters. The molecule has 0 radical (unpaired) electrons. The lowest BCUT2D eigenvalue weighted by Gasteiger charge is -2.23. The minimum atomic E-state index is -0.341. The number of ether oxygens (including phenoxy) is 1. The molecule has 0 amide bonds. The van der Waals surface area contributed by atoms with E-state index in [1.54, 1.807) is 43.2 Å². The molecule has 0 aliphatic carbocycles. The van der Waals surface area contributed by atoms with Crippen LogP contribution < -0.4 is 15.4 Å². The molecule has 5 nitrogen and oxygen atoms in total. The first kappa shape index (κ1) is 23.5. The third-order valence-electron chi connectivity index (χ3n) is 3.73. The van der Waals surface area contributed by atoms with Crippen molar-refractivity contribution in [3.8, 4) is 11.6 Å². The molecule has 1 heterocycles. The van der Waals surface area contributed by atoms with Crippen LogP contribution in [-0.4, -0.2) is 35.5 Å². The third-order valence-corrected chi connectivity index (χ3v) is 4.98. The molecule has 0 aliphatic rings. The van der Waals surface area contributed by atoms with Crippen LogP contribution in [0.5, 0.6) is 11.6 Å². The van der Waals surface area contributed by atoms with E-state index in [4.69, 9.17) is 4.74 Å². The van der Waals surface area contributed by atoms with Gasteiger partial charge in [0.1, 0.15) is 11.6 Å². The predicted molar refractivity (Wildman–Crippen MR) is 122 cm³/mol. The number of nitrogens with zero attached hydrogens (tertiary/aromatic N) is 2. The first-order valence-electron chi connectivity index (χ1n) is 8.30. The lowest BCUT2D eigenvalue weighted by atomic mass is 10.2. The second-order valence-electron chi connectivity index (χ2n) is 6.31. The number of halogens is 2. The van der Waals surface area contributed by atoms with Crippen molar-refractivity contribution >= 4 is 41.7 Å². The SMILES string of the molecule is CN=C(NCc1ccc(Oc2cccc(F)c2)nc1)NCC(C)(C)SC.I. The molecule has 0 saturated carbocycles. The molecular weight excluding hydrogens is 478 g/mol. The summed E-state index contributed by atoms with van der Waals surface area (Å²) in [5, 5.41) is 6.58. The predicted octanol–water partition coefficient (Wildman–Crippen LogP) is 4.44. The normalized spacial score (nSPS) is 11.5. The van der Waals surface area contributed by atoms with Gasteiger partial charge in [0.2, 0.25) is 5.88 Å². The van der Waals surface area contributed by atoms with E-state index in [0.29, 0.717) is 18.2 Å². The van der Waals surface area contributed by atoms with E-state index < -0.39 is 0 Å². The summed E-state index contributed by atoms with van der Waals surface area (Å²) < 4.78 is 18.8. The Labute approximate surface area is 181 Å². The monoisotopic (exact) mass is 504 g/mol. The lowest BCUT2D eigenvalue weighted by molar-refractivity contribution is 0.457. The highest BCUT2D eigenvalue weighted by molar-refractivity contribution is 14.0. The van der Waals surface area contributed by atoms with E-state index in [1.807, 2.05) is 6.07 Å². The van der Waals surface area contributed by atoms with Crippen LogP contribution in [0.15, 0.2) is 47.6 Å². The molecule has 1 aromatic carbocycles. The van der Waals surface area contributed by atoms with Crippen molar-refractivity contribution in [2.24, 2.45) is 4.99 Å². The molecule has 2 N–H and O–H groups in total. The van der Waals surface area contributed by atoms with Gasteiger partial charge in [0.25, 0.3) is 0 Å². The second kappa shape index (κ2) is 11.3. The standard InChI is InChI=1S/C19H25FN4OS.HI/c1-19(2,26-4)13-24-18(21-3)23-12-14-8-9-17(22-11-14)25-16-7-5-6-15(20)10-16;/h5-11H,12-13H2,1-4H3,(H2,21,23,24);1H. The quantitative estimate of drug-likeness (QED) is 0.332. The van der Waals surface area contributed by atoms with Crippen LogP contribution in [0.3, 0.4) is 0 Å². The van der Waals surface area contributed by atoms with Gasteiger partial charge in [-0.15, -0.1) is 24.0 Å². The van der Waals surface area contributed by atoms with Gasteiger partial charge in [-0.1, -0.05) is 12.1 Å². The van der Waals surface area contributed by atoms with E-state index >= 15 is 0 Å². The molecular formula is C19H26FIN4OS. The Morgan fingerprint density at radius 2 is 2.04 bits per heavy atom. The highest BCUT2D eigenvalue weighted by atomic mass is 127. The van der Waals surface area contributed by atoms with E-state index in [2.05, 4.69) is 40.7 Å². The molecule has 0 saturated heterocycles. The number of pyridine rings is 1. The zero-order valence-corrected chi connectivity index (χ0v) is 19.1. The zero-order valence-electron chi connectivity index (χ0n) is 16.0. The van der Waals surface area contributed by atoms with Gasteiger partial charge in [-0.3, -0.25) is 4.99 Å². The van der Waals surface area contributed by atoms with Crippen LogP contribution >= 0.6 is 35.7 Å². The maximum Gasteiger partial charge on any atom is 0.219 e. The first-order chi connectivity index (χ1) is 12.4. The van der Waals surface area contributed by atoms with Gasteiger partial charge in [-0.05, 0) is 37.8 Å². The fourth-order valence-corrected chi connectivity index (χ4v) is 2.22. The number of hydrogen-bond acceptors (Lipinski definition) is 4. The van der Waals surface area contributed by atoms with Crippen molar-refractivity contribution in [3.63, 3.8) is 0 Å². The van der Waals surface area contributed by atoms with Crippen LogP contribution in [0, 0.1) is 5.82 Å². The maximum atomic E-state index is 13.2. The number of hydrogen-bond donors (Lipinski definition) is 2. The number of benzene rings is 1. The number of aromatic nitrogens is 1. The average molecular weight is 504 g/mol. The number of rotatable bonds is 7. The van der Waals surface area contributed by atoms with Crippen molar-refractivity contribution in [1.29, 1.82) is 0 Å². The molecule has 1 aromatic heterocycles. The van der Waals surface area contributed by atoms with Crippen molar-refractivity contribution in [2.45, 2.75) is 25.1 Å². The van der Waals surface area contributed by atoms with Gasteiger partial charge in [0.05, 0.1) is 0 Å². The van der Waals surface area contributed by atoms with Crippen LogP contribution in [-0.2, 0) is 6.54 Å². The average Bonchev–Trinajstić information content (AvgIpc) is 2.63. The number of guanidine groups is 1. The van der Waals surface area contributed by atoms with Gasteiger partial charge >= 0.3 is 0 Å². The van der Waals surface area contributed by atoms with Crippen LogP contribution in [0.4, 0.5) is 4.39 Å². The van der Waals surface area contributed by atoms with Gasteiger partial charge < -0.3 is 15.4 Å². The second-order valence-corrected chi connectivity index (χ2v) is 7.82. The van der Waals surface area contributed by atoms with Gasteiger partial charge in [-0.2, -0.15) is 11.8 Å². The van der Waals surface area contributed by atoms with Crippen molar-refractivity contribution < 1.29 is 9.13 Å². The summed E-state index contributed by atoms with van der Waals surface area (Å²) in [5.41, 5.74) is 0.990. The lowest BCUT2D eigenvalue weighted by Crippen LogP contribution is -2.42. The van der Waals surface area contributed by atoms with E-state index in [9.17, 15) is 4.39 Å². The summed E-state index contributed by atoms with van der Waals surface area (Å²) in [7, 11) is 1.75. The Morgan fingerprint density at radius 1 is 1.26 bits per heavy atom. The largest absolute Gasteiger partial charge is 0.439 e. The van der Waals surface area contributed by atoms with E-state index in [0.717, 1.165) is 18.1 Å². The minimum absolute atomic E-state index is 0. The highest BCUT2D eigenvalue weighted by Crippen LogP contribution is 2.20. The molecule has 8 heteroatoms. The van der Waals surface area contributed by atoms with Crippen LogP contribution in [0.2, 0.25) is 0 Å². The van der Waals surface area contributed by atoms with Crippen molar-refractivity contribution in [3.05, 3.63) is 54.0 Å². The van der Waals surface area contributed by atoms with Gasteiger partial charge in [0, 0.05) is 43.2 Å². The van der Waals surface area contributed by atoms with Crippen molar-refractivity contribution in [1.82, 2.24) is 15.6 Å². The summed E-state index contributed by atoms with van der Waals surface area (Å²) >= 11 is 1.80. The van der Waals surface area contributed by atoms with E-state index in [-0.39, 0.29) is 34.5 Å². The Kier molecular flexibility index (Phi) is 9.86. The summed E-state index contributed by atoms with van der Waals surface area (Å²) in [4.78, 5) is 8.48. The highest BCUT2D eigenvalue weighted by Gasteiger charge is 2.16. The Bertz CT molecular complexity index is 741. The Morgan fingerprint density at radius 3 is 2.63 bits per heavy atom. The number of nitrogens with one attached hydrogen (secondary N) is 2. The molecule has 0 unspecified atom stereocenters. The molecule has 0 bridgehead atoms. The van der Waals surface area contributed by atoms with E-state index in [1.165, 1.54) is 12.1 Å². The van der Waals surface area contributed by atoms with Crippen molar-refractivity contribution in [2.75, 3.05) is 19.8 Å². The summed E-state index contributed by atoms with van der Waals surface area (Å²) in [6.45, 7) is 5.76. The zero-order chi connectivity index (χ0) is 19.0. The Balaban J connectivity index is 0.00000364. The fraction of sp³-hybridized carbons (Fsp3) is 0.368. The molecule has 0 aliphatic heterocycles. The van der Waals surface area contributed by atoms with Gasteiger partial charge in [0.15, 0.2) is 5.96 Å². The summed E-state index contributed by atoms with van der Waals surface area (Å²) in [6, 6.07) is 9.65. The fourth-order valence-electron chi connectivity index (χ4n) is 2.00. The molecule has 148 valence electrons. The molecule has 0 spiro atoms. The Hall–Kier alpha value is -1.55. The third kappa shape index (κ3) is 8.34. The molecule has 2 rings (SSSR count). The van der Waals surface area contributed by atoms with Crippen LogP contribution in [0.25, 0.3) is 0 Å². The topological polar surface area (TPSA) is 58.5 Å². The van der Waals surface area contributed by atoms with Gasteiger partial charge in [-0.25, -0.2) is 9.37 Å². The smallest absolute Gasteiger partial charge is 0.219 e. The number of thioether (sulfide) groups is 1. The summed E-state index contributed by atoms with van der Waals surface area (Å²) in [5.74, 6) is 1.24. The first-order valence-corrected chi connectivity index (χ1v) is 9.52. The number of aliphatic imine (C=N–C) groups is 1. The maximum absolute atomic E-state index is 13.2. The molecule has 0 fully saturated rings.